The van der Waals surface area contributed by atoms with Crippen LogP contribution in [-0.2, 0) is 14.3 Å². The summed E-state index contributed by atoms with van der Waals surface area (Å²) in [5.74, 6) is -1.03. The maximum absolute atomic E-state index is 12.9. The number of ether oxygens (including phenoxy) is 1. The Morgan fingerprint density at radius 1 is 1.28 bits per heavy atom. The van der Waals surface area contributed by atoms with Crippen LogP contribution in [0.2, 0.25) is 0 Å². The van der Waals surface area contributed by atoms with E-state index in [2.05, 4.69) is 27.6 Å². The maximum atomic E-state index is 12.9. The van der Waals surface area contributed by atoms with Crippen molar-refractivity contribution in [2.24, 2.45) is 10.9 Å². The molecule has 0 N–H and O–H groups in total. The summed E-state index contributed by atoms with van der Waals surface area (Å²) in [7, 11) is 0. The van der Waals surface area contributed by atoms with E-state index in [9.17, 15) is 9.59 Å². The molecule has 2 aliphatic rings. The quantitative estimate of drug-likeness (QED) is 0.505. The van der Waals surface area contributed by atoms with Crippen LogP contribution in [0.3, 0.4) is 0 Å². The van der Waals surface area contributed by atoms with E-state index in [0.717, 1.165) is 33.4 Å². The van der Waals surface area contributed by atoms with Crippen molar-refractivity contribution in [2.45, 2.75) is 52.1 Å². The fourth-order valence-corrected chi connectivity index (χ4v) is 4.40. The topological polar surface area (TPSA) is 55.7 Å². The summed E-state index contributed by atoms with van der Waals surface area (Å²) < 4.78 is 6.56. The third-order valence-corrected chi connectivity index (χ3v) is 5.66. The van der Waals surface area contributed by atoms with Gasteiger partial charge in [0.2, 0.25) is 0 Å². The summed E-state index contributed by atoms with van der Waals surface area (Å²) in [5.41, 5.74) is 3.31. The van der Waals surface area contributed by atoms with E-state index in [1.807, 2.05) is 45.0 Å². The first-order valence-corrected chi connectivity index (χ1v) is 9.74. The molecule has 1 aliphatic heterocycles. The number of allylic oxidation sites excluding steroid dienone is 2. The summed E-state index contributed by atoms with van der Waals surface area (Å²) in [6.45, 7) is 5.55. The molecule has 5 heteroatoms. The highest BCUT2D eigenvalue weighted by Gasteiger charge is 2.43. The van der Waals surface area contributed by atoms with Crippen LogP contribution in [0.15, 0.2) is 40.5 Å². The van der Waals surface area contributed by atoms with E-state index in [0.29, 0.717) is 12.0 Å². The van der Waals surface area contributed by atoms with Gasteiger partial charge in [0, 0.05) is 32.9 Å². The highest BCUT2D eigenvalue weighted by molar-refractivity contribution is 14.1. The monoisotopic (exact) mass is 451 g/mol. The molecule has 4 nitrogen and oxygen atoms in total. The smallest absolute Gasteiger partial charge is 0.315 e. The zero-order chi connectivity index (χ0) is 18.1. The summed E-state index contributed by atoms with van der Waals surface area (Å²) >= 11 is 2.27. The van der Waals surface area contributed by atoms with Crippen LogP contribution < -0.4 is 0 Å². The number of hydrogen-bond acceptors (Lipinski definition) is 4. The van der Waals surface area contributed by atoms with Gasteiger partial charge in [-0.3, -0.25) is 14.6 Å². The Hall–Kier alpha value is -1.50. The van der Waals surface area contributed by atoms with Crippen LogP contribution in [0.5, 0.6) is 0 Å². The zero-order valence-corrected chi connectivity index (χ0v) is 16.9. The number of hydrogen-bond donors (Lipinski definition) is 0. The molecule has 0 amide bonds. The molecule has 1 unspecified atom stereocenters. The molecule has 0 bridgehead atoms. The van der Waals surface area contributed by atoms with Gasteiger partial charge >= 0.3 is 5.97 Å². The first kappa shape index (κ1) is 18.3. The van der Waals surface area contributed by atoms with E-state index in [1.165, 1.54) is 0 Å². The first-order valence-electron chi connectivity index (χ1n) is 8.66. The summed E-state index contributed by atoms with van der Waals surface area (Å²) in [4.78, 5) is 30.2. The second-order valence-corrected chi connectivity index (χ2v) is 8.01. The Balaban J connectivity index is 2.16. The number of nitrogens with zero attached hydrogens (tertiary/aromatic N) is 1. The Morgan fingerprint density at radius 3 is 2.68 bits per heavy atom. The lowest BCUT2D eigenvalue weighted by atomic mass is 9.72. The number of rotatable bonds is 3. The second-order valence-electron chi connectivity index (χ2n) is 6.85. The minimum absolute atomic E-state index is 0.115. The van der Waals surface area contributed by atoms with Crippen molar-refractivity contribution in [3.63, 3.8) is 0 Å². The van der Waals surface area contributed by atoms with Crippen molar-refractivity contribution in [3.8, 4) is 0 Å². The molecule has 1 aromatic carbocycles. The maximum Gasteiger partial charge on any atom is 0.315 e. The number of aliphatic imine (C=N–C) groups is 1. The fraction of sp³-hybridized carbons (Fsp3) is 0.450. The minimum atomic E-state index is -0.542. The molecule has 0 saturated carbocycles. The van der Waals surface area contributed by atoms with Gasteiger partial charge in [0.1, 0.15) is 5.92 Å². The van der Waals surface area contributed by atoms with Crippen molar-refractivity contribution >= 4 is 40.1 Å². The molecule has 0 aromatic heterocycles. The van der Waals surface area contributed by atoms with E-state index in [-0.39, 0.29) is 23.8 Å². The molecular formula is C20H22INO3. The molecule has 132 valence electrons. The third kappa shape index (κ3) is 3.57. The lowest BCUT2D eigenvalue weighted by Crippen LogP contribution is -2.38. The number of carbonyl (C=O) groups is 2. The molecule has 1 aromatic rings. The minimum Gasteiger partial charge on any atom is -0.462 e. The average molecular weight is 451 g/mol. The van der Waals surface area contributed by atoms with E-state index in [1.54, 1.807) is 0 Å². The van der Waals surface area contributed by atoms with Crippen molar-refractivity contribution in [2.75, 3.05) is 0 Å². The van der Waals surface area contributed by atoms with E-state index in [4.69, 9.17) is 4.74 Å². The number of halogens is 1. The molecule has 1 heterocycles. The molecule has 0 saturated heterocycles. The standard InChI is InChI=1S/C20H22INO3/c1-11(2)25-20(24)17-12(3)22-15-9-6-10-16(23)19(15)18(17)13-7-4-5-8-14(13)21/h4-5,7-8,11,17-18H,6,9-10H2,1-3H3/t17?,18-/m1/s1. The van der Waals surface area contributed by atoms with Gasteiger partial charge in [0.25, 0.3) is 0 Å². The van der Waals surface area contributed by atoms with Crippen LogP contribution in [0.4, 0.5) is 0 Å². The van der Waals surface area contributed by atoms with Crippen molar-refractivity contribution in [1.82, 2.24) is 0 Å². The molecular weight excluding hydrogens is 429 g/mol. The molecule has 1 aliphatic carbocycles. The number of benzene rings is 1. The van der Waals surface area contributed by atoms with Gasteiger partial charge in [-0.15, -0.1) is 0 Å². The third-order valence-electron chi connectivity index (χ3n) is 4.68. The van der Waals surface area contributed by atoms with Gasteiger partial charge in [0.15, 0.2) is 5.78 Å². The SMILES string of the molecule is CC1=NC2=C(C(=O)CCC2)[C@H](c2ccccc2I)C1C(=O)OC(C)C. The summed E-state index contributed by atoms with van der Waals surface area (Å²) in [6, 6.07) is 7.94. The van der Waals surface area contributed by atoms with Crippen LogP contribution in [0.25, 0.3) is 0 Å². The Bertz CT molecular complexity index is 779. The van der Waals surface area contributed by atoms with E-state index < -0.39 is 5.92 Å². The van der Waals surface area contributed by atoms with Gasteiger partial charge in [-0.2, -0.15) is 0 Å². The van der Waals surface area contributed by atoms with Gasteiger partial charge in [-0.05, 0) is 67.8 Å². The molecule has 0 radical (unpaired) electrons. The number of ketones is 1. The molecule has 0 fully saturated rings. The largest absolute Gasteiger partial charge is 0.462 e. The highest BCUT2D eigenvalue weighted by atomic mass is 127. The van der Waals surface area contributed by atoms with Crippen LogP contribution >= 0.6 is 22.6 Å². The zero-order valence-electron chi connectivity index (χ0n) is 14.7. The van der Waals surface area contributed by atoms with Crippen LogP contribution in [0.1, 0.15) is 51.5 Å². The lowest BCUT2D eigenvalue weighted by molar-refractivity contribution is -0.150. The predicted octanol–water partition coefficient (Wildman–Crippen LogP) is 4.42. The predicted molar refractivity (Wildman–Crippen MR) is 106 cm³/mol. The van der Waals surface area contributed by atoms with Crippen molar-refractivity contribution < 1.29 is 14.3 Å². The lowest BCUT2D eigenvalue weighted by Gasteiger charge is -2.35. The van der Waals surface area contributed by atoms with E-state index >= 15 is 0 Å². The van der Waals surface area contributed by atoms with Gasteiger partial charge in [0.05, 0.1) is 6.10 Å². The number of carbonyl (C=O) groups excluding carboxylic acids is 2. The highest BCUT2D eigenvalue weighted by Crippen LogP contribution is 2.44. The van der Waals surface area contributed by atoms with Gasteiger partial charge in [-0.1, -0.05) is 18.2 Å². The van der Waals surface area contributed by atoms with Crippen molar-refractivity contribution in [3.05, 3.63) is 44.7 Å². The molecule has 25 heavy (non-hydrogen) atoms. The molecule has 0 spiro atoms. The number of Topliss-reactive ketones (excluding diaryl/α,β-unsaturated/α-hetero) is 1. The second kappa shape index (κ2) is 7.40. The Morgan fingerprint density at radius 2 is 2.00 bits per heavy atom. The number of esters is 1. The first-order chi connectivity index (χ1) is 11.9. The Labute approximate surface area is 161 Å². The van der Waals surface area contributed by atoms with Gasteiger partial charge < -0.3 is 4.74 Å². The van der Waals surface area contributed by atoms with Crippen LogP contribution in [0, 0.1) is 9.49 Å². The summed E-state index contributed by atoms with van der Waals surface area (Å²) in [5, 5.41) is 0. The average Bonchev–Trinajstić information content (AvgIpc) is 2.53. The molecule has 3 rings (SSSR count). The fourth-order valence-electron chi connectivity index (χ4n) is 3.68. The Kier molecular flexibility index (Phi) is 5.41. The normalized spacial score (nSPS) is 23.4. The van der Waals surface area contributed by atoms with Crippen LogP contribution in [-0.4, -0.2) is 23.6 Å². The molecule has 2 atom stereocenters. The van der Waals surface area contributed by atoms with Crippen molar-refractivity contribution in [1.29, 1.82) is 0 Å². The van der Waals surface area contributed by atoms with Gasteiger partial charge in [-0.25, -0.2) is 0 Å². The summed E-state index contributed by atoms with van der Waals surface area (Å²) in [6.07, 6.45) is 1.95.